The van der Waals surface area contributed by atoms with Crippen LogP contribution in [0.3, 0.4) is 0 Å². The number of aromatic nitrogens is 2. The van der Waals surface area contributed by atoms with Gasteiger partial charge in [0.2, 0.25) is 5.91 Å². The molecule has 3 aliphatic heterocycles. The molecule has 2 atom stereocenters. The van der Waals surface area contributed by atoms with Crippen molar-refractivity contribution in [1.82, 2.24) is 9.55 Å². The van der Waals surface area contributed by atoms with Gasteiger partial charge in [-0.2, -0.15) is 0 Å². The first kappa shape index (κ1) is 20.5. The Bertz CT molecular complexity index is 1090. The quantitative estimate of drug-likeness (QED) is 0.772. The molecule has 11 heteroatoms. The molecule has 2 N–H and O–H groups in total. The van der Waals surface area contributed by atoms with Gasteiger partial charge < -0.3 is 24.7 Å². The number of ether oxygens (including phenoxy) is 2. The Hall–Kier alpha value is -3.37. The Labute approximate surface area is 182 Å². The van der Waals surface area contributed by atoms with E-state index >= 15 is 0 Å². The van der Waals surface area contributed by atoms with E-state index in [0.717, 1.165) is 23.6 Å². The zero-order valence-electron chi connectivity index (χ0n) is 17.5. The number of halogens is 2. The number of carbonyl (C=O) groups excluding carboxylic acids is 2. The molecule has 2 amide bonds. The Kier molecular flexibility index (Phi) is 4.90. The molecule has 0 radical (unpaired) electrons. The summed E-state index contributed by atoms with van der Waals surface area (Å²) in [6, 6.07) is 3.82. The fourth-order valence-electron chi connectivity index (χ4n) is 4.71. The Morgan fingerprint density at radius 1 is 1.28 bits per heavy atom. The van der Waals surface area contributed by atoms with Crippen LogP contribution in [0.15, 0.2) is 18.2 Å². The first-order valence-corrected chi connectivity index (χ1v) is 10.5. The number of primary amides is 1. The van der Waals surface area contributed by atoms with Crippen LogP contribution in [0, 0.1) is 6.92 Å². The van der Waals surface area contributed by atoms with Crippen molar-refractivity contribution in [3.63, 3.8) is 0 Å². The SMILES string of the molecule is Cc1c(N2C(=O)OC[C@H]2C(F)F)nc2n1CCOc1cc(N3CCCC3C(N)=O)ccc1-2. The lowest BCUT2D eigenvalue weighted by Gasteiger charge is -2.25. The molecule has 32 heavy (non-hydrogen) atoms. The van der Waals surface area contributed by atoms with Gasteiger partial charge in [0.05, 0.1) is 17.8 Å². The van der Waals surface area contributed by atoms with Crippen molar-refractivity contribution in [3.8, 4) is 17.1 Å². The van der Waals surface area contributed by atoms with Crippen molar-refractivity contribution in [2.75, 3.05) is 29.6 Å². The van der Waals surface area contributed by atoms with Crippen LogP contribution in [-0.2, 0) is 16.1 Å². The molecule has 2 aromatic rings. The molecular weight excluding hydrogens is 424 g/mol. The number of nitrogens with two attached hydrogens (primary N) is 1. The number of hydrogen-bond acceptors (Lipinski definition) is 6. The molecule has 2 fully saturated rings. The van der Waals surface area contributed by atoms with E-state index < -0.39 is 18.6 Å². The van der Waals surface area contributed by atoms with Crippen LogP contribution in [0.4, 0.5) is 25.1 Å². The molecule has 4 heterocycles. The van der Waals surface area contributed by atoms with E-state index in [9.17, 15) is 18.4 Å². The Morgan fingerprint density at radius 3 is 2.84 bits per heavy atom. The zero-order chi connectivity index (χ0) is 22.6. The van der Waals surface area contributed by atoms with Gasteiger partial charge in [-0.1, -0.05) is 0 Å². The molecule has 0 saturated carbocycles. The van der Waals surface area contributed by atoms with Crippen molar-refractivity contribution in [2.24, 2.45) is 5.73 Å². The van der Waals surface area contributed by atoms with E-state index in [2.05, 4.69) is 4.98 Å². The van der Waals surface area contributed by atoms with E-state index in [1.807, 2.05) is 27.7 Å². The number of fused-ring (bicyclic) bond motifs is 3. The fraction of sp³-hybridized carbons (Fsp3) is 0.476. The minimum Gasteiger partial charge on any atom is -0.491 e. The summed E-state index contributed by atoms with van der Waals surface area (Å²) in [6.07, 6.45) is -2.00. The van der Waals surface area contributed by atoms with Crippen LogP contribution in [-0.4, -0.2) is 59.8 Å². The Balaban J connectivity index is 1.55. The van der Waals surface area contributed by atoms with Crippen molar-refractivity contribution >= 4 is 23.5 Å². The second kappa shape index (κ2) is 7.64. The molecule has 9 nitrogen and oxygen atoms in total. The number of hydrogen-bond donors (Lipinski definition) is 1. The summed E-state index contributed by atoms with van der Waals surface area (Å²) in [4.78, 5) is 31.5. The van der Waals surface area contributed by atoms with Crippen LogP contribution >= 0.6 is 0 Å². The highest BCUT2D eigenvalue weighted by atomic mass is 19.3. The first-order valence-electron chi connectivity index (χ1n) is 10.5. The number of carbonyl (C=O) groups is 2. The second-order valence-corrected chi connectivity index (χ2v) is 8.13. The van der Waals surface area contributed by atoms with Crippen molar-refractivity contribution in [1.29, 1.82) is 0 Å². The smallest absolute Gasteiger partial charge is 0.416 e. The van der Waals surface area contributed by atoms with E-state index in [0.29, 0.717) is 42.4 Å². The first-order chi connectivity index (χ1) is 15.4. The number of cyclic esters (lactones) is 1. The highest BCUT2D eigenvalue weighted by Crippen LogP contribution is 2.40. The van der Waals surface area contributed by atoms with Gasteiger partial charge >= 0.3 is 6.09 Å². The molecule has 2 saturated heterocycles. The predicted octanol–water partition coefficient (Wildman–Crippen LogP) is 2.30. The van der Waals surface area contributed by atoms with Crippen molar-refractivity contribution < 1.29 is 27.8 Å². The van der Waals surface area contributed by atoms with Crippen LogP contribution in [0.1, 0.15) is 18.5 Å². The van der Waals surface area contributed by atoms with E-state index in [1.165, 1.54) is 0 Å². The van der Waals surface area contributed by atoms with E-state index in [1.54, 1.807) is 6.92 Å². The zero-order valence-corrected chi connectivity index (χ0v) is 17.5. The summed E-state index contributed by atoms with van der Waals surface area (Å²) in [7, 11) is 0. The van der Waals surface area contributed by atoms with Crippen molar-refractivity contribution in [2.45, 2.75) is 44.8 Å². The number of alkyl halides is 2. The van der Waals surface area contributed by atoms with Gasteiger partial charge in [-0.25, -0.2) is 23.5 Å². The van der Waals surface area contributed by atoms with Gasteiger partial charge in [-0.15, -0.1) is 0 Å². The third kappa shape index (κ3) is 3.14. The highest BCUT2D eigenvalue weighted by Gasteiger charge is 2.43. The monoisotopic (exact) mass is 447 g/mol. The summed E-state index contributed by atoms with van der Waals surface area (Å²) >= 11 is 0. The molecular formula is C21H23F2N5O4. The number of benzene rings is 1. The van der Waals surface area contributed by atoms with Gasteiger partial charge in [0.1, 0.15) is 36.9 Å². The number of amides is 2. The second-order valence-electron chi connectivity index (χ2n) is 8.13. The number of anilines is 2. The third-order valence-electron chi connectivity index (χ3n) is 6.31. The minimum atomic E-state index is -2.75. The Morgan fingerprint density at radius 2 is 2.09 bits per heavy atom. The number of rotatable bonds is 4. The third-order valence-corrected chi connectivity index (χ3v) is 6.31. The largest absolute Gasteiger partial charge is 0.491 e. The van der Waals surface area contributed by atoms with Gasteiger partial charge in [0.15, 0.2) is 5.82 Å². The molecule has 0 spiro atoms. The predicted molar refractivity (Wildman–Crippen MR) is 111 cm³/mol. The summed E-state index contributed by atoms with van der Waals surface area (Å²) in [5.74, 6) is 0.901. The van der Waals surface area contributed by atoms with Crippen LogP contribution < -0.4 is 20.3 Å². The van der Waals surface area contributed by atoms with Crippen molar-refractivity contribution in [3.05, 3.63) is 23.9 Å². The average molecular weight is 447 g/mol. The average Bonchev–Trinajstić information content (AvgIpc) is 3.43. The van der Waals surface area contributed by atoms with E-state index in [-0.39, 0.29) is 24.4 Å². The van der Waals surface area contributed by atoms with Crippen LogP contribution in [0.5, 0.6) is 5.75 Å². The van der Waals surface area contributed by atoms with Crippen LogP contribution in [0.2, 0.25) is 0 Å². The number of imidazole rings is 1. The summed E-state index contributed by atoms with van der Waals surface area (Å²) in [5.41, 5.74) is 7.63. The maximum atomic E-state index is 13.5. The standard InChI is InChI=1S/C21H23F2N5O4/c1-11-19(28-15(17(22)23)10-32-21(28)30)25-20-13-5-4-12(9-16(13)31-8-7-26(11)20)27-6-2-3-14(27)18(24)29/h4-5,9,14-15,17H,2-3,6-8,10H2,1H3,(H2,24,29)/t14?,15-/m0/s1. The summed E-state index contributed by atoms with van der Waals surface area (Å²) < 4.78 is 39.6. The minimum absolute atomic E-state index is 0.165. The molecule has 5 rings (SSSR count). The molecule has 1 aromatic carbocycles. The van der Waals surface area contributed by atoms with Gasteiger partial charge in [0.25, 0.3) is 6.43 Å². The van der Waals surface area contributed by atoms with Gasteiger partial charge in [-0.05, 0) is 31.9 Å². The lowest BCUT2D eigenvalue weighted by Crippen LogP contribution is -2.40. The van der Waals surface area contributed by atoms with Gasteiger partial charge in [0, 0.05) is 18.3 Å². The molecule has 0 aliphatic carbocycles. The lowest BCUT2D eigenvalue weighted by molar-refractivity contribution is -0.119. The lowest BCUT2D eigenvalue weighted by atomic mass is 10.1. The summed E-state index contributed by atoms with van der Waals surface area (Å²) in [6.45, 7) is 2.85. The topological polar surface area (TPSA) is 103 Å². The van der Waals surface area contributed by atoms with Crippen LogP contribution in [0.25, 0.3) is 11.4 Å². The molecule has 1 aromatic heterocycles. The number of nitrogens with zero attached hydrogens (tertiary/aromatic N) is 4. The van der Waals surface area contributed by atoms with Gasteiger partial charge in [-0.3, -0.25) is 4.79 Å². The van der Waals surface area contributed by atoms with E-state index in [4.69, 9.17) is 15.2 Å². The molecule has 1 unspecified atom stereocenters. The maximum Gasteiger partial charge on any atom is 0.416 e. The summed E-state index contributed by atoms with van der Waals surface area (Å²) in [5, 5.41) is 0. The highest BCUT2D eigenvalue weighted by molar-refractivity contribution is 5.91. The fourth-order valence-corrected chi connectivity index (χ4v) is 4.71. The maximum absolute atomic E-state index is 13.5. The normalized spacial score (nSPS) is 22.4. The molecule has 170 valence electrons. The molecule has 0 bridgehead atoms. The molecule has 3 aliphatic rings.